The van der Waals surface area contributed by atoms with Gasteiger partial charge in [0.1, 0.15) is 0 Å². The molecule has 1 aromatic heterocycles. The Balaban J connectivity index is 2.26. The van der Waals surface area contributed by atoms with E-state index in [1.807, 2.05) is 0 Å². The highest BCUT2D eigenvalue weighted by molar-refractivity contribution is 6.12. The molecule has 0 atom stereocenters. The van der Waals surface area contributed by atoms with E-state index in [0.717, 1.165) is 4.68 Å². The van der Waals surface area contributed by atoms with Gasteiger partial charge in [0.05, 0.1) is 11.3 Å². The maximum Gasteiger partial charge on any atom is 0.369 e. The van der Waals surface area contributed by atoms with Crippen LogP contribution >= 0.6 is 0 Å². The molecule has 0 aliphatic carbocycles. The topological polar surface area (TPSA) is 111 Å². The van der Waals surface area contributed by atoms with Crippen LogP contribution in [0, 0.1) is 0 Å². The summed E-state index contributed by atoms with van der Waals surface area (Å²) in [5, 5.41) is 16.2. The van der Waals surface area contributed by atoms with Crippen molar-refractivity contribution in [1.82, 2.24) is 15.0 Å². The highest BCUT2D eigenvalue weighted by Crippen LogP contribution is 2.22. The number of carboxylic acids is 1. The fraction of sp³-hybridized carbons (Fsp3) is 0. The number of carboxylic acid groups (broad SMARTS) is 1. The van der Waals surface area contributed by atoms with Crippen molar-refractivity contribution in [3.63, 3.8) is 0 Å². The molecule has 0 unspecified atom stereocenters. The predicted molar refractivity (Wildman–Crippen MR) is 58.1 cm³/mol. The summed E-state index contributed by atoms with van der Waals surface area (Å²) < 4.78 is 5.38. The molecular formula is C11H5N3O5. The quantitative estimate of drug-likeness (QED) is 0.608. The third kappa shape index (κ3) is 1.50. The van der Waals surface area contributed by atoms with Crippen LogP contribution < -0.4 is 0 Å². The zero-order chi connectivity index (χ0) is 13.6. The van der Waals surface area contributed by atoms with Crippen molar-refractivity contribution in [3.05, 3.63) is 41.2 Å². The van der Waals surface area contributed by atoms with Crippen LogP contribution in [0.1, 0.15) is 31.3 Å². The minimum Gasteiger partial charge on any atom is -0.478 e. The molecule has 2 heterocycles. The van der Waals surface area contributed by atoms with Gasteiger partial charge < -0.3 is 9.84 Å². The molecule has 1 aromatic carbocycles. The van der Waals surface area contributed by atoms with Gasteiger partial charge in [-0.05, 0) is 12.1 Å². The minimum atomic E-state index is -1.18. The van der Waals surface area contributed by atoms with E-state index in [4.69, 9.17) is 5.11 Å². The van der Waals surface area contributed by atoms with E-state index in [9.17, 15) is 14.4 Å². The van der Waals surface area contributed by atoms with Gasteiger partial charge in [0.2, 0.25) is 5.69 Å². The van der Waals surface area contributed by atoms with Crippen molar-refractivity contribution in [2.45, 2.75) is 0 Å². The number of hydrogen-bond donors (Lipinski definition) is 1. The maximum atomic E-state index is 11.5. The number of aromatic carboxylic acids is 1. The van der Waals surface area contributed by atoms with E-state index in [0.29, 0.717) is 0 Å². The smallest absolute Gasteiger partial charge is 0.369 e. The van der Waals surface area contributed by atoms with Crippen LogP contribution in [0.4, 0.5) is 0 Å². The first-order chi connectivity index (χ1) is 9.09. The molecule has 0 spiro atoms. The monoisotopic (exact) mass is 259 g/mol. The van der Waals surface area contributed by atoms with Gasteiger partial charge in [-0.1, -0.05) is 17.3 Å². The van der Waals surface area contributed by atoms with Gasteiger partial charge in [0, 0.05) is 0 Å². The van der Waals surface area contributed by atoms with Crippen molar-refractivity contribution >= 4 is 17.9 Å². The van der Waals surface area contributed by atoms with Crippen molar-refractivity contribution in [2.75, 3.05) is 0 Å². The third-order valence-electron chi connectivity index (χ3n) is 2.61. The molecule has 0 radical (unpaired) electrons. The Morgan fingerprint density at radius 3 is 2.68 bits per heavy atom. The van der Waals surface area contributed by atoms with Crippen LogP contribution in [-0.4, -0.2) is 38.0 Å². The number of para-hydroxylation sites is 1. The number of cyclic esters (lactones) is 2. The van der Waals surface area contributed by atoms with Crippen LogP contribution in [-0.2, 0) is 4.74 Å². The molecule has 1 aliphatic heterocycles. The maximum absolute atomic E-state index is 11.5. The molecule has 94 valence electrons. The van der Waals surface area contributed by atoms with E-state index < -0.39 is 17.9 Å². The summed E-state index contributed by atoms with van der Waals surface area (Å²) in [4.78, 5) is 33.9. The number of benzene rings is 1. The van der Waals surface area contributed by atoms with Gasteiger partial charge in [0.25, 0.3) is 0 Å². The van der Waals surface area contributed by atoms with E-state index in [-0.39, 0.29) is 22.6 Å². The van der Waals surface area contributed by atoms with Gasteiger partial charge in [-0.15, -0.1) is 5.10 Å². The van der Waals surface area contributed by atoms with Crippen LogP contribution in [0.15, 0.2) is 24.3 Å². The first kappa shape index (κ1) is 11.1. The lowest BCUT2D eigenvalue weighted by molar-refractivity contribution is 0.0433. The first-order valence-electron chi connectivity index (χ1n) is 5.14. The molecule has 8 heteroatoms. The highest BCUT2D eigenvalue weighted by atomic mass is 16.6. The highest BCUT2D eigenvalue weighted by Gasteiger charge is 2.37. The Hall–Kier alpha value is -3.03. The van der Waals surface area contributed by atoms with E-state index in [2.05, 4.69) is 15.0 Å². The Bertz CT molecular complexity index is 734. The summed E-state index contributed by atoms with van der Waals surface area (Å²) in [5.74, 6) is -2.97. The largest absolute Gasteiger partial charge is 0.478 e. The fourth-order valence-electron chi connectivity index (χ4n) is 1.79. The zero-order valence-corrected chi connectivity index (χ0v) is 9.23. The number of esters is 2. The number of aromatic nitrogens is 3. The van der Waals surface area contributed by atoms with Gasteiger partial charge in [-0.3, -0.25) is 0 Å². The Labute approximate surface area is 105 Å². The molecule has 0 fully saturated rings. The van der Waals surface area contributed by atoms with E-state index in [1.165, 1.54) is 18.2 Å². The van der Waals surface area contributed by atoms with Gasteiger partial charge in [-0.25, -0.2) is 19.1 Å². The van der Waals surface area contributed by atoms with Crippen LogP contribution in [0.2, 0.25) is 0 Å². The second kappa shape index (κ2) is 3.73. The lowest BCUT2D eigenvalue weighted by Gasteiger charge is -2.05. The second-order valence-corrected chi connectivity index (χ2v) is 3.70. The summed E-state index contributed by atoms with van der Waals surface area (Å²) >= 11 is 0. The molecule has 0 bridgehead atoms. The SMILES string of the molecule is O=C(O)c1ccccc1-n1nnc2c1C(=O)OC2=O. The van der Waals surface area contributed by atoms with Crippen molar-refractivity contribution in [3.8, 4) is 5.69 Å². The normalized spacial score (nSPS) is 13.3. The number of carbonyl (C=O) groups is 3. The van der Waals surface area contributed by atoms with Crippen LogP contribution in [0.5, 0.6) is 0 Å². The first-order valence-corrected chi connectivity index (χ1v) is 5.14. The van der Waals surface area contributed by atoms with Gasteiger partial charge in [0.15, 0.2) is 5.69 Å². The fourth-order valence-corrected chi connectivity index (χ4v) is 1.79. The molecular weight excluding hydrogens is 254 g/mol. The van der Waals surface area contributed by atoms with Crippen LogP contribution in [0.25, 0.3) is 5.69 Å². The van der Waals surface area contributed by atoms with Crippen molar-refractivity contribution in [2.24, 2.45) is 0 Å². The molecule has 1 aliphatic rings. The zero-order valence-electron chi connectivity index (χ0n) is 9.23. The molecule has 3 rings (SSSR count). The summed E-state index contributed by atoms with van der Waals surface area (Å²) in [5.41, 5.74) is -0.318. The summed E-state index contributed by atoms with van der Waals surface area (Å²) in [6, 6.07) is 5.92. The number of ether oxygens (including phenoxy) is 1. The predicted octanol–water partition coefficient (Wildman–Crippen LogP) is 0.276. The summed E-state index contributed by atoms with van der Waals surface area (Å²) in [7, 11) is 0. The standard InChI is InChI=1S/C11H5N3O5/c15-9(16)5-3-1-2-4-6(5)14-8-7(12-13-14)10(17)19-11(8)18/h1-4H,(H,15,16). The number of rotatable bonds is 2. The van der Waals surface area contributed by atoms with Crippen LogP contribution in [0.3, 0.4) is 0 Å². The Kier molecular flexibility index (Phi) is 2.18. The lowest BCUT2D eigenvalue weighted by Crippen LogP contribution is -2.12. The molecule has 2 aromatic rings. The molecule has 0 amide bonds. The number of nitrogens with zero attached hydrogens (tertiary/aromatic N) is 3. The van der Waals surface area contributed by atoms with Crippen molar-refractivity contribution < 1.29 is 24.2 Å². The molecule has 0 saturated carbocycles. The third-order valence-corrected chi connectivity index (χ3v) is 2.61. The minimum absolute atomic E-state index is 0.0673. The van der Waals surface area contributed by atoms with Gasteiger partial charge in [-0.2, -0.15) is 0 Å². The van der Waals surface area contributed by atoms with Gasteiger partial charge >= 0.3 is 17.9 Å². The molecule has 19 heavy (non-hydrogen) atoms. The van der Waals surface area contributed by atoms with E-state index in [1.54, 1.807) is 6.07 Å². The average Bonchev–Trinajstić information content (AvgIpc) is 2.93. The number of hydrogen-bond acceptors (Lipinski definition) is 6. The molecule has 1 N–H and O–H groups in total. The van der Waals surface area contributed by atoms with E-state index >= 15 is 0 Å². The lowest BCUT2D eigenvalue weighted by atomic mass is 10.2. The Morgan fingerprint density at radius 2 is 1.95 bits per heavy atom. The second-order valence-electron chi connectivity index (χ2n) is 3.70. The number of carbonyl (C=O) groups excluding carboxylic acids is 2. The van der Waals surface area contributed by atoms with Crippen molar-refractivity contribution in [1.29, 1.82) is 0 Å². The molecule has 8 nitrogen and oxygen atoms in total. The Morgan fingerprint density at radius 1 is 1.21 bits per heavy atom. The number of fused-ring (bicyclic) bond motifs is 1. The summed E-state index contributed by atoms with van der Waals surface area (Å²) in [6.07, 6.45) is 0. The summed E-state index contributed by atoms with van der Waals surface area (Å²) in [6.45, 7) is 0. The average molecular weight is 259 g/mol. The molecule has 0 saturated heterocycles.